The monoisotopic (exact) mass is 544 g/mol. The van der Waals surface area contributed by atoms with Crippen molar-refractivity contribution in [3.05, 3.63) is 83.6 Å². The number of aliphatic carboxylic acids is 1. The van der Waals surface area contributed by atoms with E-state index in [2.05, 4.69) is 31.1 Å². The number of aromatic nitrogens is 1. The lowest BCUT2D eigenvalue weighted by molar-refractivity contribution is -0.138. The molecule has 210 valence electrons. The maximum absolute atomic E-state index is 12.8. The van der Waals surface area contributed by atoms with Gasteiger partial charge in [-0.05, 0) is 54.3 Å². The van der Waals surface area contributed by atoms with E-state index in [0.717, 1.165) is 17.7 Å². The molecule has 3 aromatic rings. The maximum Gasteiger partial charge on any atom is 0.416 e. The van der Waals surface area contributed by atoms with Gasteiger partial charge in [0.05, 0.1) is 17.7 Å². The number of rotatable bonds is 9. The van der Waals surface area contributed by atoms with Crippen LogP contribution < -0.4 is 10.1 Å². The first-order chi connectivity index (χ1) is 18.3. The number of nitrogens with zero attached hydrogens (tertiary/aromatic N) is 1. The smallest absolute Gasteiger partial charge is 0.416 e. The van der Waals surface area contributed by atoms with Gasteiger partial charge in [0.1, 0.15) is 11.9 Å². The Balaban J connectivity index is 0.00000260. The maximum atomic E-state index is 12.8. The van der Waals surface area contributed by atoms with Crippen LogP contribution in [0, 0.1) is 5.41 Å². The Kier molecular flexibility index (Phi) is 11.1. The fraction of sp³-hybridized carbons (Fsp3) is 0.367. The van der Waals surface area contributed by atoms with E-state index in [0.29, 0.717) is 29.0 Å². The van der Waals surface area contributed by atoms with Gasteiger partial charge in [0.2, 0.25) is 0 Å². The molecule has 0 aliphatic carbocycles. The van der Waals surface area contributed by atoms with E-state index in [1.807, 2.05) is 19.9 Å². The zero-order valence-electron chi connectivity index (χ0n) is 22.8. The molecule has 0 saturated heterocycles. The molecular weight excluding hydrogens is 509 g/mol. The molecule has 1 aromatic heterocycles. The summed E-state index contributed by atoms with van der Waals surface area (Å²) in [5.74, 6) is -0.818. The molecule has 0 aliphatic heterocycles. The molecule has 0 spiro atoms. The number of alkyl halides is 3. The summed E-state index contributed by atoms with van der Waals surface area (Å²) in [7, 11) is 0. The van der Waals surface area contributed by atoms with Crippen LogP contribution in [0.5, 0.6) is 5.75 Å². The van der Waals surface area contributed by atoms with Gasteiger partial charge in [-0.15, -0.1) is 0 Å². The number of hydrogen-bond donors (Lipinski definition) is 2. The number of ether oxygens (including phenoxy) is 1. The molecule has 9 heteroatoms. The van der Waals surface area contributed by atoms with E-state index in [9.17, 15) is 22.8 Å². The summed E-state index contributed by atoms with van der Waals surface area (Å²) in [4.78, 5) is 27.2. The number of hydrogen-bond acceptors (Lipinski definition) is 4. The van der Waals surface area contributed by atoms with Crippen LogP contribution in [0.3, 0.4) is 0 Å². The van der Waals surface area contributed by atoms with Crippen LogP contribution in [0.1, 0.15) is 75.0 Å². The SMILES string of the molecule is CC.CC(C)(C)CC(Oc1ccc(C(=O)NCCC(=O)O)cc1)c1ccc(-c2ccc(C(F)(F)F)cc2)nc1. The lowest BCUT2D eigenvalue weighted by Gasteiger charge is -2.27. The van der Waals surface area contributed by atoms with Gasteiger partial charge >= 0.3 is 12.1 Å². The predicted molar refractivity (Wildman–Crippen MR) is 144 cm³/mol. The van der Waals surface area contributed by atoms with Crippen LogP contribution in [-0.2, 0) is 11.0 Å². The van der Waals surface area contributed by atoms with Crippen LogP contribution >= 0.6 is 0 Å². The van der Waals surface area contributed by atoms with Crippen LogP contribution in [0.4, 0.5) is 13.2 Å². The Morgan fingerprint density at radius 1 is 0.949 bits per heavy atom. The highest BCUT2D eigenvalue weighted by Gasteiger charge is 2.30. The van der Waals surface area contributed by atoms with E-state index < -0.39 is 17.7 Å². The van der Waals surface area contributed by atoms with E-state index >= 15 is 0 Å². The molecular formula is C30H35F3N2O4. The molecule has 0 fully saturated rings. The second-order valence-corrected chi connectivity index (χ2v) is 9.85. The summed E-state index contributed by atoms with van der Waals surface area (Å²) in [5.41, 5.74) is 1.51. The van der Waals surface area contributed by atoms with Gasteiger partial charge in [0.25, 0.3) is 5.91 Å². The third-order valence-electron chi connectivity index (χ3n) is 5.48. The van der Waals surface area contributed by atoms with Crippen LogP contribution in [0.15, 0.2) is 66.9 Å². The number of halogens is 3. The van der Waals surface area contributed by atoms with Crippen molar-refractivity contribution < 1.29 is 32.6 Å². The summed E-state index contributed by atoms with van der Waals surface area (Å²) in [5, 5.41) is 11.2. The van der Waals surface area contributed by atoms with Crippen LogP contribution in [0.25, 0.3) is 11.3 Å². The number of amides is 1. The van der Waals surface area contributed by atoms with E-state index in [-0.39, 0.29) is 30.4 Å². The number of benzene rings is 2. The molecule has 0 radical (unpaired) electrons. The van der Waals surface area contributed by atoms with Crippen LogP contribution in [-0.4, -0.2) is 28.5 Å². The van der Waals surface area contributed by atoms with Gasteiger partial charge in [0.15, 0.2) is 0 Å². The van der Waals surface area contributed by atoms with Gasteiger partial charge in [-0.25, -0.2) is 0 Å². The van der Waals surface area contributed by atoms with Crippen molar-refractivity contribution in [2.45, 2.75) is 59.7 Å². The molecule has 2 N–H and O–H groups in total. The molecule has 0 aliphatic rings. The molecule has 0 bridgehead atoms. The van der Waals surface area contributed by atoms with E-state index in [1.165, 1.54) is 12.1 Å². The first-order valence-electron chi connectivity index (χ1n) is 12.7. The summed E-state index contributed by atoms with van der Waals surface area (Å²) in [6.07, 6.45) is -2.59. The zero-order chi connectivity index (χ0) is 29.2. The first kappa shape index (κ1) is 31.3. The summed E-state index contributed by atoms with van der Waals surface area (Å²) < 4.78 is 44.8. The Morgan fingerprint density at radius 2 is 1.56 bits per heavy atom. The fourth-order valence-electron chi connectivity index (χ4n) is 3.61. The highest BCUT2D eigenvalue weighted by atomic mass is 19.4. The Labute approximate surface area is 227 Å². The largest absolute Gasteiger partial charge is 0.486 e. The lowest BCUT2D eigenvalue weighted by atomic mass is 9.87. The highest BCUT2D eigenvalue weighted by molar-refractivity contribution is 5.94. The number of carbonyl (C=O) groups is 2. The molecule has 39 heavy (non-hydrogen) atoms. The van der Waals surface area contributed by atoms with Crippen molar-refractivity contribution in [3.63, 3.8) is 0 Å². The molecule has 2 aromatic carbocycles. The Hall–Kier alpha value is -3.88. The molecule has 1 atom stereocenters. The summed E-state index contributed by atoms with van der Waals surface area (Å²) >= 11 is 0. The standard InChI is InChI=1S/C28H29F3N2O4.C2H6/c1-27(2,3)16-24(37-22-11-6-19(7-12-22)26(36)32-15-14-25(34)35)20-8-13-23(33-17-20)18-4-9-21(10-5-18)28(29,30)31;1-2/h4-13,17,24H,14-16H2,1-3H3,(H,32,36)(H,34,35);1-2H3. The molecule has 0 saturated carbocycles. The third-order valence-corrected chi connectivity index (χ3v) is 5.48. The van der Waals surface area contributed by atoms with Crippen molar-refractivity contribution in [3.8, 4) is 17.0 Å². The molecule has 1 amide bonds. The molecule has 3 rings (SSSR count). The van der Waals surface area contributed by atoms with Crippen LogP contribution in [0.2, 0.25) is 0 Å². The average Bonchev–Trinajstić information content (AvgIpc) is 2.88. The minimum absolute atomic E-state index is 0.0372. The molecule has 1 heterocycles. The van der Waals surface area contributed by atoms with E-state index in [1.54, 1.807) is 36.5 Å². The summed E-state index contributed by atoms with van der Waals surface area (Å²) in [6, 6.07) is 15.0. The zero-order valence-corrected chi connectivity index (χ0v) is 22.8. The van der Waals surface area contributed by atoms with Crippen molar-refractivity contribution in [2.75, 3.05) is 6.54 Å². The topological polar surface area (TPSA) is 88.5 Å². The van der Waals surface area contributed by atoms with Gasteiger partial charge in [-0.2, -0.15) is 13.2 Å². The van der Waals surface area contributed by atoms with Crippen molar-refractivity contribution in [1.82, 2.24) is 10.3 Å². The average molecular weight is 545 g/mol. The number of carboxylic acid groups (broad SMARTS) is 1. The third kappa shape index (κ3) is 10.1. The lowest BCUT2D eigenvalue weighted by Crippen LogP contribution is -2.25. The van der Waals surface area contributed by atoms with Crippen molar-refractivity contribution in [1.29, 1.82) is 0 Å². The Morgan fingerprint density at radius 3 is 2.05 bits per heavy atom. The van der Waals surface area contributed by atoms with Crippen molar-refractivity contribution in [2.24, 2.45) is 5.41 Å². The summed E-state index contributed by atoms with van der Waals surface area (Å²) in [6.45, 7) is 10.3. The van der Waals surface area contributed by atoms with Gasteiger partial charge in [-0.3, -0.25) is 14.6 Å². The Bertz CT molecular complexity index is 1200. The minimum Gasteiger partial charge on any atom is -0.486 e. The van der Waals surface area contributed by atoms with Gasteiger partial charge in [0, 0.05) is 29.4 Å². The quantitative estimate of drug-likeness (QED) is 0.290. The first-order valence-corrected chi connectivity index (χ1v) is 12.7. The van der Waals surface area contributed by atoms with Crippen molar-refractivity contribution >= 4 is 11.9 Å². The minimum atomic E-state index is -4.39. The number of pyridine rings is 1. The predicted octanol–water partition coefficient (Wildman–Crippen LogP) is 7.55. The second-order valence-electron chi connectivity index (χ2n) is 9.85. The molecule has 1 unspecified atom stereocenters. The second kappa shape index (κ2) is 13.8. The van der Waals surface area contributed by atoms with E-state index in [4.69, 9.17) is 9.84 Å². The normalized spacial score (nSPS) is 12.1. The van der Waals surface area contributed by atoms with Gasteiger partial charge < -0.3 is 15.2 Å². The highest BCUT2D eigenvalue weighted by Crippen LogP contribution is 2.34. The number of nitrogens with one attached hydrogen (secondary N) is 1. The number of carbonyl (C=O) groups excluding carboxylic acids is 1. The fourth-order valence-corrected chi connectivity index (χ4v) is 3.61. The number of carboxylic acids is 1. The molecule has 6 nitrogen and oxygen atoms in total. The van der Waals surface area contributed by atoms with Gasteiger partial charge in [-0.1, -0.05) is 52.8 Å².